The van der Waals surface area contributed by atoms with Gasteiger partial charge in [0.05, 0.1) is 8.68 Å². The lowest BCUT2D eigenvalue weighted by molar-refractivity contribution is 0.569. The summed E-state index contributed by atoms with van der Waals surface area (Å²) < 4.78 is 54.5. The highest BCUT2D eigenvalue weighted by molar-refractivity contribution is 9.11. The molecule has 1 atom stereocenters. The maximum absolute atomic E-state index is 13.1. The molecule has 0 spiro atoms. The molecule has 0 saturated heterocycles. The standard InChI is InChI=1S/C17H15BrN2O4S3/c18-16-8-9-17(25-16)27(23,24)20-12-15(13-5-4-10-19-11-13)26(21,22)14-6-2-1-3-7-14/h1-11,15,20H,12H2/t15-/m0/s1. The molecule has 2 aromatic heterocycles. The second kappa shape index (κ2) is 8.19. The Morgan fingerprint density at radius 2 is 1.74 bits per heavy atom. The summed E-state index contributed by atoms with van der Waals surface area (Å²) in [5.74, 6) is 0. The molecule has 0 aliphatic rings. The molecule has 0 saturated carbocycles. The Bertz CT molecular complexity index is 1120. The smallest absolute Gasteiger partial charge is 0.250 e. The minimum atomic E-state index is -3.83. The number of sulfonamides is 1. The average molecular weight is 487 g/mol. The quantitative estimate of drug-likeness (QED) is 0.552. The van der Waals surface area contributed by atoms with E-state index in [2.05, 4.69) is 25.6 Å². The number of sulfone groups is 1. The van der Waals surface area contributed by atoms with Crippen LogP contribution >= 0.6 is 27.3 Å². The van der Waals surface area contributed by atoms with Crippen LogP contribution in [0.15, 0.2) is 79.9 Å². The maximum atomic E-state index is 13.1. The van der Waals surface area contributed by atoms with E-state index in [9.17, 15) is 16.8 Å². The molecule has 0 bridgehead atoms. The predicted octanol–water partition coefficient (Wildman–Crippen LogP) is 3.40. The first kappa shape index (κ1) is 20.2. The molecular weight excluding hydrogens is 472 g/mol. The maximum Gasteiger partial charge on any atom is 0.250 e. The monoisotopic (exact) mass is 486 g/mol. The van der Waals surface area contributed by atoms with Gasteiger partial charge >= 0.3 is 0 Å². The van der Waals surface area contributed by atoms with Crippen LogP contribution < -0.4 is 4.72 Å². The van der Waals surface area contributed by atoms with E-state index in [1.54, 1.807) is 36.4 Å². The Morgan fingerprint density at radius 3 is 2.33 bits per heavy atom. The van der Waals surface area contributed by atoms with E-state index in [-0.39, 0.29) is 15.6 Å². The van der Waals surface area contributed by atoms with Gasteiger partial charge in [0.25, 0.3) is 0 Å². The Balaban J connectivity index is 1.95. The molecule has 0 aliphatic heterocycles. The Hall–Kier alpha value is -1.59. The molecule has 10 heteroatoms. The summed E-state index contributed by atoms with van der Waals surface area (Å²) in [5.41, 5.74) is 0.413. The molecule has 6 nitrogen and oxygen atoms in total. The van der Waals surface area contributed by atoms with Crippen LogP contribution in [-0.4, -0.2) is 28.4 Å². The third kappa shape index (κ3) is 4.64. The second-order valence-corrected chi connectivity index (χ2v) is 12.1. The van der Waals surface area contributed by atoms with Crippen LogP contribution in [0.4, 0.5) is 0 Å². The van der Waals surface area contributed by atoms with Crippen molar-refractivity contribution in [1.82, 2.24) is 9.71 Å². The zero-order valence-corrected chi connectivity index (χ0v) is 17.9. The lowest BCUT2D eigenvalue weighted by atomic mass is 10.2. The van der Waals surface area contributed by atoms with Crippen molar-refractivity contribution in [3.8, 4) is 0 Å². The number of nitrogens with zero attached hydrogens (tertiary/aromatic N) is 1. The largest absolute Gasteiger partial charge is 0.264 e. The lowest BCUT2D eigenvalue weighted by Crippen LogP contribution is -2.31. The molecule has 2 heterocycles. The summed E-state index contributed by atoms with van der Waals surface area (Å²) >= 11 is 4.28. The van der Waals surface area contributed by atoms with E-state index in [0.717, 1.165) is 11.3 Å². The van der Waals surface area contributed by atoms with Gasteiger partial charge in [-0.15, -0.1) is 11.3 Å². The van der Waals surface area contributed by atoms with Gasteiger partial charge < -0.3 is 0 Å². The van der Waals surface area contributed by atoms with Crippen molar-refractivity contribution in [2.45, 2.75) is 14.4 Å². The summed E-state index contributed by atoms with van der Waals surface area (Å²) in [6, 6.07) is 14.3. The second-order valence-electron chi connectivity index (χ2n) is 5.54. The van der Waals surface area contributed by atoms with Crippen LogP contribution in [0.5, 0.6) is 0 Å². The molecule has 3 rings (SSSR count). The molecule has 3 aromatic rings. The summed E-state index contributed by atoms with van der Waals surface area (Å²) in [5, 5.41) is -1.10. The number of pyridine rings is 1. The van der Waals surface area contributed by atoms with Gasteiger partial charge in [0, 0.05) is 18.9 Å². The molecule has 1 aromatic carbocycles. The van der Waals surface area contributed by atoms with E-state index in [1.165, 1.54) is 30.6 Å². The van der Waals surface area contributed by atoms with Crippen LogP contribution in [-0.2, 0) is 19.9 Å². The number of aromatic nitrogens is 1. The molecule has 0 radical (unpaired) electrons. The first-order valence-electron chi connectivity index (χ1n) is 7.74. The molecule has 0 aliphatic carbocycles. The number of rotatable bonds is 7. The zero-order valence-electron chi connectivity index (χ0n) is 13.8. The minimum Gasteiger partial charge on any atom is -0.264 e. The Morgan fingerprint density at radius 1 is 1.00 bits per heavy atom. The van der Waals surface area contributed by atoms with Crippen molar-refractivity contribution in [2.75, 3.05) is 6.54 Å². The van der Waals surface area contributed by atoms with Gasteiger partial charge in [0.15, 0.2) is 9.84 Å². The third-order valence-corrected chi connectivity index (χ3v) is 9.43. The molecule has 27 heavy (non-hydrogen) atoms. The highest BCUT2D eigenvalue weighted by atomic mass is 79.9. The third-order valence-electron chi connectivity index (χ3n) is 3.77. The van der Waals surface area contributed by atoms with Crippen molar-refractivity contribution in [2.24, 2.45) is 0 Å². The van der Waals surface area contributed by atoms with Crippen molar-refractivity contribution >= 4 is 47.1 Å². The van der Waals surface area contributed by atoms with Crippen LogP contribution in [0.1, 0.15) is 10.8 Å². The Kier molecular flexibility index (Phi) is 6.11. The van der Waals surface area contributed by atoms with E-state index < -0.39 is 25.1 Å². The van der Waals surface area contributed by atoms with Gasteiger partial charge in [0.2, 0.25) is 10.0 Å². The number of nitrogens with one attached hydrogen (secondary N) is 1. The summed E-state index contributed by atoms with van der Waals surface area (Å²) in [6.07, 6.45) is 2.96. The van der Waals surface area contributed by atoms with E-state index in [0.29, 0.717) is 9.35 Å². The minimum absolute atomic E-state index is 0.108. The molecule has 0 unspecified atom stereocenters. The van der Waals surface area contributed by atoms with Gasteiger partial charge in [-0.1, -0.05) is 24.3 Å². The Labute approximate surface area is 170 Å². The van der Waals surface area contributed by atoms with Gasteiger partial charge in [-0.3, -0.25) is 4.98 Å². The van der Waals surface area contributed by atoms with Gasteiger partial charge in [-0.25, -0.2) is 21.6 Å². The summed E-state index contributed by atoms with van der Waals surface area (Å²) in [6.45, 7) is -0.305. The van der Waals surface area contributed by atoms with Gasteiger partial charge in [0.1, 0.15) is 9.46 Å². The van der Waals surface area contributed by atoms with Crippen LogP contribution in [0.25, 0.3) is 0 Å². The van der Waals surface area contributed by atoms with Crippen molar-refractivity contribution in [3.05, 3.63) is 76.3 Å². The lowest BCUT2D eigenvalue weighted by Gasteiger charge is -2.18. The van der Waals surface area contributed by atoms with Crippen molar-refractivity contribution in [1.29, 1.82) is 0 Å². The van der Waals surface area contributed by atoms with Gasteiger partial charge in [-0.2, -0.15) is 0 Å². The molecule has 0 fully saturated rings. The van der Waals surface area contributed by atoms with E-state index >= 15 is 0 Å². The fourth-order valence-corrected chi connectivity index (χ4v) is 7.32. The first-order valence-corrected chi connectivity index (χ1v) is 12.4. The number of hydrogen-bond donors (Lipinski definition) is 1. The van der Waals surface area contributed by atoms with Crippen LogP contribution in [0.2, 0.25) is 0 Å². The highest BCUT2D eigenvalue weighted by Crippen LogP contribution is 2.30. The SMILES string of the molecule is O=S(=O)(NC[C@@H](c1cccnc1)S(=O)(=O)c1ccccc1)c1ccc(Br)s1. The van der Waals surface area contributed by atoms with Gasteiger partial charge in [-0.05, 0) is 51.8 Å². The normalized spacial score (nSPS) is 13.4. The topological polar surface area (TPSA) is 93.2 Å². The summed E-state index contributed by atoms with van der Waals surface area (Å²) in [7, 11) is -7.66. The predicted molar refractivity (Wildman–Crippen MR) is 108 cm³/mol. The van der Waals surface area contributed by atoms with Crippen LogP contribution in [0.3, 0.4) is 0 Å². The van der Waals surface area contributed by atoms with Crippen LogP contribution in [0, 0.1) is 0 Å². The highest BCUT2D eigenvalue weighted by Gasteiger charge is 2.31. The number of benzene rings is 1. The molecule has 1 N–H and O–H groups in total. The zero-order chi connectivity index (χ0) is 19.5. The fraction of sp³-hybridized carbons (Fsp3) is 0.118. The fourth-order valence-electron chi connectivity index (χ4n) is 2.45. The number of halogens is 1. The van der Waals surface area contributed by atoms with Crippen molar-refractivity contribution in [3.63, 3.8) is 0 Å². The molecule has 0 amide bonds. The number of hydrogen-bond acceptors (Lipinski definition) is 6. The molecular formula is C17H15BrN2O4S3. The summed E-state index contributed by atoms with van der Waals surface area (Å²) in [4.78, 5) is 4.10. The number of thiophene rings is 1. The average Bonchev–Trinajstić information content (AvgIpc) is 3.11. The van der Waals surface area contributed by atoms with E-state index in [4.69, 9.17) is 0 Å². The van der Waals surface area contributed by atoms with E-state index in [1.807, 2.05) is 0 Å². The first-order chi connectivity index (χ1) is 12.8. The molecule has 142 valence electrons. The van der Waals surface area contributed by atoms with Crippen molar-refractivity contribution < 1.29 is 16.8 Å².